The molecule has 0 saturated heterocycles. The van der Waals surface area contributed by atoms with Crippen molar-refractivity contribution in [3.05, 3.63) is 69.7 Å². The molecule has 2 N–H and O–H groups in total. The van der Waals surface area contributed by atoms with Gasteiger partial charge in [-0.25, -0.2) is 4.79 Å². The summed E-state index contributed by atoms with van der Waals surface area (Å²) in [7, 11) is 0. The van der Waals surface area contributed by atoms with E-state index in [0.29, 0.717) is 21.2 Å². The summed E-state index contributed by atoms with van der Waals surface area (Å²) in [4.78, 5) is 24.3. The minimum Gasteiger partial charge on any atom is -0.450 e. The Morgan fingerprint density at radius 1 is 1.08 bits per heavy atom. The molecule has 0 heterocycles. The smallest absolute Gasteiger partial charge is 0.340 e. The van der Waals surface area contributed by atoms with Crippen LogP contribution < -0.4 is 5.32 Å². The van der Waals surface area contributed by atoms with E-state index in [2.05, 4.69) is 5.32 Å². The Bertz CT molecular complexity index is 782. The van der Waals surface area contributed by atoms with Crippen molar-refractivity contribution in [2.24, 2.45) is 0 Å². The molecule has 0 aromatic heterocycles. The molecule has 3 atom stereocenters. The van der Waals surface area contributed by atoms with Gasteiger partial charge in [0.1, 0.15) is 0 Å². The van der Waals surface area contributed by atoms with Crippen molar-refractivity contribution in [2.45, 2.75) is 32.1 Å². The first-order valence-corrected chi connectivity index (χ1v) is 8.74. The molecule has 0 spiro atoms. The first kappa shape index (κ1) is 20.2. The lowest BCUT2D eigenvalue weighted by Crippen LogP contribution is -2.38. The zero-order valence-electron chi connectivity index (χ0n) is 14.3. The van der Waals surface area contributed by atoms with Gasteiger partial charge >= 0.3 is 5.97 Å². The largest absolute Gasteiger partial charge is 0.450 e. The molecule has 0 fully saturated rings. The number of ether oxygens (including phenoxy) is 1. The quantitative estimate of drug-likeness (QED) is 0.728. The molecule has 0 aliphatic carbocycles. The van der Waals surface area contributed by atoms with E-state index in [9.17, 15) is 14.7 Å². The Labute approximate surface area is 161 Å². The minimum atomic E-state index is -1.45. The van der Waals surface area contributed by atoms with Crippen LogP contribution >= 0.6 is 23.2 Å². The Morgan fingerprint density at radius 2 is 1.73 bits per heavy atom. The second-order valence-electron chi connectivity index (χ2n) is 5.79. The average Bonchev–Trinajstić information content (AvgIpc) is 2.61. The van der Waals surface area contributed by atoms with Gasteiger partial charge in [0.2, 0.25) is 0 Å². The number of hydrogen-bond donors (Lipinski definition) is 2. The molecule has 2 aromatic carbocycles. The standard InChI is InChI=1S/C19H19Cl2NO4/c1-11(15-9-8-14(20)10-16(15)21)22-18(24)12(2)26-19(25)17(23)13-6-4-3-5-7-13/h3-12,17,23H,1-2H3,(H,22,24)/t11-,12+,17-/m1/s1. The highest BCUT2D eigenvalue weighted by Gasteiger charge is 2.25. The van der Waals surface area contributed by atoms with E-state index in [0.717, 1.165) is 0 Å². The summed E-state index contributed by atoms with van der Waals surface area (Å²) in [5, 5.41) is 13.6. The van der Waals surface area contributed by atoms with Crippen LogP contribution in [0.25, 0.3) is 0 Å². The summed E-state index contributed by atoms with van der Waals surface area (Å²) < 4.78 is 5.06. The van der Waals surface area contributed by atoms with Crippen molar-refractivity contribution < 1.29 is 19.4 Å². The van der Waals surface area contributed by atoms with Crippen LogP contribution in [0.1, 0.15) is 37.1 Å². The van der Waals surface area contributed by atoms with Crippen LogP contribution in [0.2, 0.25) is 10.0 Å². The van der Waals surface area contributed by atoms with Gasteiger partial charge in [0, 0.05) is 10.0 Å². The summed E-state index contributed by atoms with van der Waals surface area (Å²) in [5.41, 5.74) is 1.08. The highest BCUT2D eigenvalue weighted by atomic mass is 35.5. The number of carbonyl (C=O) groups is 2. The third kappa shape index (κ3) is 5.21. The molecule has 7 heteroatoms. The molecule has 0 bridgehead atoms. The molecule has 0 saturated carbocycles. The second kappa shape index (κ2) is 9.03. The number of esters is 1. The van der Waals surface area contributed by atoms with Crippen LogP contribution in [0.3, 0.4) is 0 Å². The summed E-state index contributed by atoms with van der Waals surface area (Å²) in [6.45, 7) is 3.18. The normalized spacial score (nSPS) is 14.2. The first-order valence-electron chi connectivity index (χ1n) is 7.98. The molecular formula is C19H19Cl2NO4. The predicted molar refractivity (Wildman–Crippen MR) is 100.0 cm³/mol. The Balaban J connectivity index is 1.95. The maximum Gasteiger partial charge on any atom is 0.340 e. The van der Waals surface area contributed by atoms with Gasteiger partial charge in [-0.3, -0.25) is 4.79 Å². The van der Waals surface area contributed by atoms with E-state index in [1.54, 1.807) is 55.5 Å². The minimum absolute atomic E-state index is 0.395. The number of nitrogens with one attached hydrogen (secondary N) is 1. The zero-order valence-corrected chi connectivity index (χ0v) is 15.8. The molecule has 0 unspecified atom stereocenters. The number of amides is 1. The number of carbonyl (C=O) groups excluding carboxylic acids is 2. The van der Waals surface area contributed by atoms with E-state index in [-0.39, 0.29) is 0 Å². The maximum absolute atomic E-state index is 12.3. The Hall–Kier alpha value is -2.08. The summed E-state index contributed by atoms with van der Waals surface area (Å²) in [5.74, 6) is -1.40. The lowest BCUT2D eigenvalue weighted by atomic mass is 10.1. The van der Waals surface area contributed by atoms with Crippen molar-refractivity contribution in [1.82, 2.24) is 5.32 Å². The zero-order chi connectivity index (χ0) is 19.3. The van der Waals surface area contributed by atoms with E-state index >= 15 is 0 Å². The number of aliphatic hydroxyl groups is 1. The van der Waals surface area contributed by atoms with E-state index in [1.165, 1.54) is 6.92 Å². The maximum atomic E-state index is 12.3. The van der Waals surface area contributed by atoms with Crippen LogP contribution in [0, 0.1) is 0 Å². The third-order valence-electron chi connectivity index (χ3n) is 3.79. The molecule has 2 rings (SSSR count). The lowest BCUT2D eigenvalue weighted by molar-refractivity contribution is -0.163. The molecule has 0 aliphatic heterocycles. The van der Waals surface area contributed by atoms with E-state index in [1.807, 2.05) is 0 Å². The molecule has 138 valence electrons. The van der Waals surface area contributed by atoms with Gasteiger partial charge in [-0.2, -0.15) is 0 Å². The van der Waals surface area contributed by atoms with Crippen molar-refractivity contribution >= 4 is 35.1 Å². The fourth-order valence-corrected chi connectivity index (χ4v) is 2.90. The van der Waals surface area contributed by atoms with Crippen LogP contribution in [-0.4, -0.2) is 23.1 Å². The van der Waals surface area contributed by atoms with Crippen LogP contribution in [0.15, 0.2) is 48.5 Å². The molecule has 0 aliphatic rings. The molecule has 2 aromatic rings. The number of halogens is 2. The summed E-state index contributed by atoms with van der Waals surface area (Å²) >= 11 is 12.0. The fraction of sp³-hybridized carbons (Fsp3) is 0.263. The van der Waals surface area contributed by atoms with Gasteiger partial charge in [0.15, 0.2) is 12.2 Å². The molecule has 5 nitrogen and oxygen atoms in total. The van der Waals surface area contributed by atoms with Crippen LogP contribution in [-0.2, 0) is 14.3 Å². The highest BCUT2D eigenvalue weighted by Crippen LogP contribution is 2.26. The molecular weight excluding hydrogens is 377 g/mol. The number of aliphatic hydroxyl groups excluding tert-OH is 1. The number of hydrogen-bond acceptors (Lipinski definition) is 4. The molecule has 1 amide bonds. The van der Waals surface area contributed by atoms with Gasteiger partial charge in [-0.1, -0.05) is 59.6 Å². The van der Waals surface area contributed by atoms with Crippen molar-refractivity contribution in [3.63, 3.8) is 0 Å². The second-order valence-corrected chi connectivity index (χ2v) is 6.63. The molecule has 0 radical (unpaired) electrons. The van der Waals surface area contributed by atoms with Gasteiger partial charge in [-0.05, 0) is 37.1 Å². The lowest BCUT2D eigenvalue weighted by Gasteiger charge is -2.20. The van der Waals surface area contributed by atoms with E-state index in [4.69, 9.17) is 27.9 Å². The number of rotatable bonds is 6. The number of benzene rings is 2. The van der Waals surface area contributed by atoms with Crippen LogP contribution in [0.5, 0.6) is 0 Å². The summed E-state index contributed by atoms with van der Waals surface area (Å²) in [6, 6.07) is 12.9. The third-order valence-corrected chi connectivity index (χ3v) is 4.35. The predicted octanol–water partition coefficient (Wildman–Crippen LogP) is 3.84. The summed E-state index contributed by atoms with van der Waals surface area (Å²) in [6.07, 6.45) is -2.52. The van der Waals surface area contributed by atoms with Crippen LogP contribution in [0.4, 0.5) is 0 Å². The van der Waals surface area contributed by atoms with Gasteiger partial charge < -0.3 is 15.2 Å². The van der Waals surface area contributed by atoms with Gasteiger partial charge in [0.05, 0.1) is 6.04 Å². The van der Waals surface area contributed by atoms with E-state index < -0.39 is 30.1 Å². The Kier molecular flexibility index (Phi) is 7.03. The fourth-order valence-electron chi connectivity index (χ4n) is 2.32. The topological polar surface area (TPSA) is 75.6 Å². The van der Waals surface area contributed by atoms with Crippen molar-refractivity contribution in [2.75, 3.05) is 0 Å². The first-order chi connectivity index (χ1) is 12.3. The molecule has 26 heavy (non-hydrogen) atoms. The van der Waals surface area contributed by atoms with Crippen molar-refractivity contribution in [1.29, 1.82) is 0 Å². The van der Waals surface area contributed by atoms with Gasteiger partial charge in [-0.15, -0.1) is 0 Å². The monoisotopic (exact) mass is 395 g/mol. The SMILES string of the molecule is C[C@H](OC(=O)[C@H](O)c1ccccc1)C(=O)N[C@H](C)c1ccc(Cl)cc1Cl. The highest BCUT2D eigenvalue weighted by molar-refractivity contribution is 6.35. The van der Waals surface area contributed by atoms with Crippen molar-refractivity contribution in [3.8, 4) is 0 Å². The average molecular weight is 396 g/mol. The Morgan fingerprint density at radius 3 is 2.35 bits per heavy atom. The van der Waals surface area contributed by atoms with Gasteiger partial charge in [0.25, 0.3) is 5.91 Å².